The summed E-state index contributed by atoms with van der Waals surface area (Å²) in [7, 11) is 4.04. The second-order valence-electron chi connectivity index (χ2n) is 6.90. The highest BCUT2D eigenvalue weighted by Crippen LogP contribution is 2.40. The topological polar surface area (TPSA) is 65.1 Å². The van der Waals surface area contributed by atoms with Crippen LogP contribution in [0.3, 0.4) is 0 Å². The highest BCUT2D eigenvalue weighted by atomic mass is 15.1. The summed E-state index contributed by atoms with van der Waals surface area (Å²) in [5, 5.41) is 10.8. The van der Waals surface area contributed by atoms with Crippen molar-refractivity contribution in [2.75, 3.05) is 33.7 Å². The molecule has 0 heterocycles. The van der Waals surface area contributed by atoms with E-state index in [2.05, 4.69) is 31.1 Å². The van der Waals surface area contributed by atoms with E-state index >= 15 is 0 Å². The Labute approximate surface area is 124 Å². The summed E-state index contributed by atoms with van der Waals surface area (Å²) in [6.07, 6.45) is 6.25. The minimum Gasteiger partial charge on any atom is -0.402 e. The molecule has 0 aromatic heterocycles. The second kappa shape index (κ2) is 7.79. The molecule has 0 unspecified atom stereocenters. The number of hydrogen-bond acceptors (Lipinski definition) is 4. The number of hydrogen-bond donors (Lipinski definition) is 3. The average molecular weight is 280 g/mol. The Kier molecular flexibility index (Phi) is 6.69. The van der Waals surface area contributed by atoms with Crippen LogP contribution in [0.4, 0.5) is 0 Å². The minimum absolute atomic E-state index is 0.464. The number of rotatable bonds is 7. The molecule has 0 aromatic rings. The third kappa shape index (κ3) is 5.25. The first kappa shape index (κ1) is 17.2. The lowest BCUT2D eigenvalue weighted by molar-refractivity contribution is 0.207. The normalized spacial score (nSPS) is 20.9. The molecule has 0 saturated heterocycles. The summed E-state index contributed by atoms with van der Waals surface area (Å²) in [4.78, 5) is 2.22. The van der Waals surface area contributed by atoms with E-state index in [4.69, 9.17) is 11.1 Å². The van der Waals surface area contributed by atoms with E-state index in [-0.39, 0.29) is 0 Å². The molecule has 1 aliphatic carbocycles. The molecule has 0 aliphatic heterocycles. The molecule has 0 atom stereocenters. The molecule has 0 aromatic carbocycles. The lowest BCUT2D eigenvalue weighted by Crippen LogP contribution is -2.32. The quantitative estimate of drug-likeness (QED) is 0.627. The van der Waals surface area contributed by atoms with Gasteiger partial charge in [-0.15, -0.1) is 0 Å². The zero-order valence-corrected chi connectivity index (χ0v) is 13.6. The molecule has 4 heteroatoms. The van der Waals surface area contributed by atoms with E-state index in [9.17, 15) is 0 Å². The minimum atomic E-state index is 0.464. The maximum absolute atomic E-state index is 7.65. The van der Waals surface area contributed by atoms with Crippen LogP contribution in [0.25, 0.3) is 0 Å². The highest BCUT2D eigenvalue weighted by molar-refractivity contribution is 5.77. The molecular formula is C16H32N4. The van der Waals surface area contributed by atoms with Crippen LogP contribution in [0.15, 0.2) is 11.3 Å². The van der Waals surface area contributed by atoms with Gasteiger partial charge in [0.1, 0.15) is 0 Å². The van der Waals surface area contributed by atoms with Gasteiger partial charge in [-0.2, -0.15) is 0 Å². The van der Waals surface area contributed by atoms with Crippen molar-refractivity contribution < 1.29 is 0 Å². The SMILES string of the molecule is CNCCN(C)CC(C=N)=C(N)C1CCC(C)(C)CC1. The molecule has 0 spiro atoms. The number of nitrogens with two attached hydrogens (primary N) is 1. The lowest BCUT2D eigenvalue weighted by Gasteiger charge is -2.35. The summed E-state index contributed by atoms with van der Waals surface area (Å²) in [5.74, 6) is 0.470. The van der Waals surface area contributed by atoms with Gasteiger partial charge in [-0.1, -0.05) is 13.8 Å². The Morgan fingerprint density at radius 3 is 2.50 bits per heavy atom. The molecule has 116 valence electrons. The summed E-state index contributed by atoms with van der Waals surface area (Å²) < 4.78 is 0. The van der Waals surface area contributed by atoms with E-state index in [1.807, 2.05) is 7.05 Å². The van der Waals surface area contributed by atoms with Crippen molar-refractivity contribution in [2.24, 2.45) is 17.1 Å². The molecule has 4 nitrogen and oxygen atoms in total. The van der Waals surface area contributed by atoms with Crippen LogP contribution in [-0.4, -0.2) is 44.8 Å². The van der Waals surface area contributed by atoms with Gasteiger partial charge in [0.15, 0.2) is 0 Å². The van der Waals surface area contributed by atoms with Gasteiger partial charge in [0.25, 0.3) is 0 Å². The molecular weight excluding hydrogens is 248 g/mol. The van der Waals surface area contributed by atoms with Gasteiger partial charge in [0.05, 0.1) is 0 Å². The van der Waals surface area contributed by atoms with Crippen molar-refractivity contribution in [3.63, 3.8) is 0 Å². The predicted octanol–water partition coefficient (Wildman–Crippen LogP) is 2.22. The first-order valence-electron chi connectivity index (χ1n) is 7.72. The van der Waals surface area contributed by atoms with Crippen LogP contribution in [0.5, 0.6) is 0 Å². The van der Waals surface area contributed by atoms with Crippen LogP contribution in [0.1, 0.15) is 39.5 Å². The number of likely N-dealkylation sites (N-methyl/N-ethyl adjacent to an activating group) is 2. The van der Waals surface area contributed by atoms with Gasteiger partial charge in [-0.25, -0.2) is 0 Å². The van der Waals surface area contributed by atoms with Crippen molar-refractivity contribution in [3.05, 3.63) is 11.3 Å². The van der Waals surface area contributed by atoms with Gasteiger partial charge in [0, 0.05) is 37.1 Å². The van der Waals surface area contributed by atoms with Crippen molar-refractivity contribution in [2.45, 2.75) is 39.5 Å². The zero-order valence-electron chi connectivity index (χ0n) is 13.6. The van der Waals surface area contributed by atoms with Gasteiger partial charge in [0.2, 0.25) is 0 Å². The average Bonchev–Trinajstić information content (AvgIpc) is 2.41. The van der Waals surface area contributed by atoms with Crippen LogP contribution in [-0.2, 0) is 0 Å². The molecule has 0 radical (unpaired) electrons. The summed E-state index contributed by atoms with van der Waals surface area (Å²) in [6, 6.07) is 0. The Morgan fingerprint density at radius 1 is 1.40 bits per heavy atom. The van der Waals surface area contributed by atoms with Crippen LogP contribution >= 0.6 is 0 Å². The number of nitrogens with one attached hydrogen (secondary N) is 2. The highest BCUT2D eigenvalue weighted by Gasteiger charge is 2.28. The fourth-order valence-electron chi connectivity index (χ4n) is 2.87. The number of allylic oxidation sites excluding steroid dienone is 1. The van der Waals surface area contributed by atoms with Crippen molar-refractivity contribution >= 4 is 6.21 Å². The van der Waals surface area contributed by atoms with Gasteiger partial charge < -0.3 is 21.4 Å². The van der Waals surface area contributed by atoms with Gasteiger partial charge >= 0.3 is 0 Å². The third-order valence-corrected chi connectivity index (χ3v) is 4.51. The van der Waals surface area contributed by atoms with Crippen molar-refractivity contribution in [3.8, 4) is 0 Å². The first-order valence-corrected chi connectivity index (χ1v) is 7.72. The lowest BCUT2D eigenvalue weighted by atomic mass is 9.72. The van der Waals surface area contributed by atoms with E-state index < -0.39 is 0 Å². The Balaban J connectivity index is 2.63. The fraction of sp³-hybridized carbons (Fsp3) is 0.812. The first-order chi connectivity index (χ1) is 9.39. The molecule has 0 amide bonds. The summed E-state index contributed by atoms with van der Waals surface area (Å²) in [6.45, 7) is 7.38. The third-order valence-electron chi connectivity index (χ3n) is 4.51. The second-order valence-corrected chi connectivity index (χ2v) is 6.90. The monoisotopic (exact) mass is 280 g/mol. The zero-order chi connectivity index (χ0) is 15.2. The fourth-order valence-corrected chi connectivity index (χ4v) is 2.87. The largest absolute Gasteiger partial charge is 0.402 e. The number of nitrogens with zero attached hydrogens (tertiary/aromatic N) is 1. The summed E-state index contributed by atoms with van der Waals surface area (Å²) >= 11 is 0. The standard InChI is InChI=1S/C16H32N4/c1-16(2)7-5-13(6-8-16)15(18)14(11-17)12-20(4)10-9-19-3/h11,13,17,19H,5-10,12,18H2,1-4H3. The molecule has 0 bridgehead atoms. The Morgan fingerprint density at radius 2 is 2.00 bits per heavy atom. The van der Waals surface area contributed by atoms with Gasteiger partial charge in [-0.05, 0) is 51.1 Å². The van der Waals surface area contributed by atoms with E-state index in [0.717, 1.165) is 43.7 Å². The van der Waals surface area contributed by atoms with Crippen LogP contribution in [0.2, 0.25) is 0 Å². The smallest absolute Gasteiger partial charge is 0.0263 e. The van der Waals surface area contributed by atoms with Crippen molar-refractivity contribution in [1.82, 2.24) is 10.2 Å². The van der Waals surface area contributed by atoms with E-state index in [1.165, 1.54) is 19.1 Å². The Bertz CT molecular complexity index is 336. The van der Waals surface area contributed by atoms with Crippen molar-refractivity contribution in [1.29, 1.82) is 5.41 Å². The Hall–Kier alpha value is -0.870. The van der Waals surface area contributed by atoms with Crippen LogP contribution in [0, 0.1) is 16.7 Å². The molecule has 1 saturated carbocycles. The van der Waals surface area contributed by atoms with E-state index in [0.29, 0.717) is 11.3 Å². The molecule has 1 fully saturated rings. The molecule has 1 aliphatic rings. The molecule has 4 N–H and O–H groups in total. The predicted molar refractivity (Wildman–Crippen MR) is 87.2 cm³/mol. The maximum Gasteiger partial charge on any atom is 0.0263 e. The van der Waals surface area contributed by atoms with Crippen LogP contribution < -0.4 is 11.1 Å². The van der Waals surface area contributed by atoms with E-state index in [1.54, 1.807) is 0 Å². The summed E-state index contributed by atoms with van der Waals surface area (Å²) in [5.41, 5.74) is 8.76. The molecule has 1 rings (SSSR count). The maximum atomic E-state index is 7.65. The molecule has 20 heavy (non-hydrogen) atoms. The van der Waals surface area contributed by atoms with Gasteiger partial charge in [-0.3, -0.25) is 0 Å².